The Morgan fingerprint density at radius 3 is 2.79 bits per heavy atom. The molecule has 1 fully saturated rings. The molecule has 0 aliphatic carbocycles. The van der Waals surface area contributed by atoms with E-state index in [1.807, 2.05) is 18.3 Å². The lowest BCUT2D eigenvalue weighted by Gasteiger charge is -2.32. The van der Waals surface area contributed by atoms with E-state index in [0.717, 1.165) is 30.4 Å². The Labute approximate surface area is 160 Å². The van der Waals surface area contributed by atoms with Gasteiger partial charge in [-0.1, -0.05) is 0 Å². The fourth-order valence-corrected chi connectivity index (χ4v) is 3.59. The van der Waals surface area contributed by atoms with Gasteiger partial charge in [0.2, 0.25) is 0 Å². The van der Waals surface area contributed by atoms with Gasteiger partial charge in [0.05, 0.1) is 6.20 Å². The van der Waals surface area contributed by atoms with Crippen molar-refractivity contribution >= 4 is 5.91 Å². The summed E-state index contributed by atoms with van der Waals surface area (Å²) in [6.45, 7) is 1.60. The number of amides is 1. The lowest BCUT2D eigenvalue weighted by molar-refractivity contribution is 0.0692. The van der Waals surface area contributed by atoms with Crippen LogP contribution in [0.3, 0.4) is 0 Å². The summed E-state index contributed by atoms with van der Waals surface area (Å²) in [5.74, 6) is -1.33. The number of hydrogen-bond acceptors (Lipinski definition) is 4. The highest BCUT2D eigenvalue weighted by atomic mass is 19.1. The molecule has 0 N–H and O–H groups in total. The minimum absolute atomic E-state index is 0.0399. The first kappa shape index (κ1) is 18.2. The van der Waals surface area contributed by atoms with Crippen molar-refractivity contribution in [3.63, 3.8) is 0 Å². The molecule has 8 heteroatoms. The van der Waals surface area contributed by atoms with Crippen LogP contribution in [0.5, 0.6) is 0 Å². The van der Waals surface area contributed by atoms with Crippen molar-refractivity contribution in [1.29, 1.82) is 0 Å². The molecule has 0 unspecified atom stereocenters. The summed E-state index contributed by atoms with van der Waals surface area (Å²) >= 11 is 0. The van der Waals surface area contributed by atoms with Crippen molar-refractivity contribution in [2.75, 3.05) is 13.1 Å². The summed E-state index contributed by atoms with van der Waals surface area (Å²) in [4.78, 5) is 26.4. The van der Waals surface area contributed by atoms with E-state index in [1.54, 1.807) is 23.5 Å². The van der Waals surface area contributed by atoms with Crippen molar-refractivity contribution in [1.82, 2.24) is 24.4 Å². The van der Waals surface area contributed by atoms with E-state index in [2.05, 4.69) is 19.5 Å². The molecule has 3 aromatic heterocycles. The number of likely N-dealkylation sites (tertiary alicyclic amines) is 1. The summed E-state index contributed by atoms with van der Waals surface area (Å²) in [7, 11) is 0. The Bertz CT molecular complexity index is 976. The number of imidazole rings is 1. The van der Waals surface area contributed by atoms with Crippen molar-refractivity contribution in [3.8, 4) is 0 Å². The Morgan fingerprint density at radius 2 is 2.00 bits per heavy atom. The minimum Gasteiger partial charge on any atom is -0.336 e. The average molecular weight is 383 g/mol. The molecular formula is C20H19F2N5O. The molecule has 4 rings (SSSR count). The average Bonchev–Trinajstić information content (AvgIpc) is 3.16. The Balaban J connectivity index is 1.52. The maximum absolute atomic E-state index is 14.0. The molecule has 0 aromatic carbocycles. The van der Waals surface area contributed by atoms with Gasteiger partial charge >= 0.3 is 0 Å². The summed E-state index contributed by atoms with van der Waals surface area (Å²) < 4.78 is 29.1. The second-order valence-electron chi connectivity index (χ2n) is 6.84. The lowest BCUT2D eigenvalue weighted by Crippen LogP contribution is -2.40. The molecule has 1 aliphatic heterocycles. The molecule has 1 amide bonds. The quantitative estimate of drug-likeness (QED) is 0.695. The van der Waals surface area contributed by atoms with Crippen molar-refractivity contribution in [3.05, 3.63) is 77.9 Å². The van der Waals surface area contributed by atoms with Crippen LogP contribution in [-0.4, -0.2) is 43.4 Å². The molecule has 6 nitrogen and oxygen atoms in total. The number of rotatable bonds is 4. The van der Waals surface area contributed by atoms with Crippen LogP contribution in [0, 0.1) is 11.6 Å². The largest absolute Gasteiger partial charge is 0.336 e. The molecule has 0 saturated carbocycles. The van der Waals surface area contributed by atoms with Gasteiger partial charge < -0.3 is 9.47 Å². The van der Waals surface area contributed by atoms with Gasteiger partial charge in [-0.2, -0.15) is 0 Å². The summed E-state index contributed by atoms with van der Waals surface area (Å²) in [6.07, 6.45) is 9.68. The van der Waals surface area contributed by atoms with Gasteiger partial charge in [0.1, 0.15) is 11.6 Å². The number of hydrogen-bond donors (Lipinski definition) is 0. The standard InChI is InChI=1S/C20H19F2N5O/c21-16-10-17(22)18(25-11-16)20(28)27-8-1-2-15(13-27)19-24-7-9-26(19)12-14-3-5-23-6-4-14/h3-7,9-11,15H,1-2,8,12-13H2/t15-/m1/s1. The zero-order valence-corrected chi connectivity index (χ0v) is 15.1. The van der Waals surface area contributed by atoms with Gasteiger partial charge in [-0.15, -0.1) is 0 Å². The zero-order valence-electron chi connectivity index (χ0n) is 15.1. The van der Waals surface area contributed by atoms with Crippen LogP contribution >= 0.6 is 0 Å². The number of aromatic nitrogens is 4. The molecular weight excluding hydrogens is 364 g/mol. The van der Waals surface area contributed by atoms with Crippen molar-refractivity contribution < 1.29 is 13.6 Å². The fraction of sp³-hybridized carbons (Fsp3) is 0.300. The number of piperidine rings is 1. The zero-order chi connectivity index (χ0) is 19.5. The molecule has 1 saturated heterocycles. The Hall–Kier alpha value is -3.16. The van der Waals surface area contributed by atoms with E-state index >= 15 is 0 Å². The van der Waals surface area contributed by atoms with Crippen LogP contribution in [0.1, 0.15) is 40.6 Å². The normalized spacial score (nSPS) is 16.9. The summed E-state index contributed by atoms with van der Waals surface area (Å²) in [6, 6.07) is 4.58. The highest BCUT2D eigenvalue weighted by Crippen LogP contribution is 2.27. The van der Waals surface area contributed by atoms with Crippen molar-refractivity contribution in [2.24, 2.45) is 0 Å². The second-order valence-corrected chi connectivity index (χ2v) is 6.84. The third-order valence-electron chi connectivity index (χ3n) is 4.93. The van der Waals surface area contributed by atoms with Gasteiger partial charge in [0.15, 0.2) is 11.5 Å². The Morgan fingerprint density at radius 1 is 1.18 bits per heavy atom. The molecule has 1 aliphatic rings. The van der Waals surface area contributed by atoms with Gasteiger partial charge in [-0.3, -0.25) is 9.78 Å². The van der Waals surface area contributed by atoms with E-state index in [1.165, 1.54) is 0 Å². The second kappa shape index (κ2) is 7.84. The summed E-state index contributed by atoms with van der Waals surface area (Å²) in [5, 5.41) is 0. The molecule has 144 valence electrons. The molecule has 1 atom stereocenters. The topological polar surface area (TPSA) is 63.9 Å². The molecule has 0 radical (unpaired) electrons. The first-order valence-corrected chi connectivity index (χ1v) is 9.12. The number of halogens is 2. The fourth-order valence-electron chi connectivity index (χ4n) is 3.59. The smallest absolute Gasteiger partial charge is 0.275 e. The number of carbonyl (C=O) groups excluding carboxylic acids is 1. The lowest BCUT2D eigenvalue weighted by atomic mass is 9.96. The molecule has 28 heavy (non-hydrogen) atoms. The third kappa shape index (κ3) is 3.76. The van der Waals surface area contributed by atoms with Crippen LogP contribution < -0.4 is 0 Å². The molecule has 0 bridgehead atoms. The van der Waals surface area contributed by atoms with Gasteiger partial charge in [-0.05, 0) is 30.5 Å². The van der Waals surface area contributed by atoms with E-state index in [4.69, 9.17) is 0 Å². The number of carbonyl (C=O) groups is 1. The monoisotopic (exact) mass is 383 g/mol. The SMILES string of the molecule is O=C(c1ncc(F)cc1F)N1CCC[C@@H](c2nccn2Cc2ccncc2)C1. The van der Waals surface area contributed by atoms with Crippen LogP contribution in [-0.2, 0) is 6.54 Å². The molecule has 4 heterocycles. The van der Waals surface area contributed by atoms with Crippen molar-refractivity contribution in [2.45, 2.75) is 25.3 Å². The highest BCUT2D eigenvalue weighted by Gasteiger charge is 2.30. The Kier molecular flexibility index (Phi) is 5.10. The van der Waals surface area contributed by atoms with Gasteiger partial charge in [0.25, 0.3) is 5.91 Å². The maximum atomic E-state index is 14.0. The first-order valence-electron chi connectivity index (χ1n) is 9.12. The third-order valence-corrected chi connectivity index (χ3v) is 4.93. The van der Waals surface area contributed by atoms with E-state index < -0.39 is 17.5 Å². The molecule has 0 spiro atoms. The van der Waals surface area contributed by atoms with E-state index in [9.17, 15) is 13.6 Å². The first-order chi connectivity index (χ1) is 13.6. The van der Waals surface area contributed by atoms with Gasteiger partial charge in [0, 0.05) is 56.4 Å². The van der Waals surface area contributed by atoms with Crippen LogP contribution in [0.2, 0.25) is 0 Å². The number of pyridine rings is 2. The summed E-state index contributed by atoms with van der Waals surface area (Å²) in [5.41, 5.74) is 0.762. The predicted molar refractivity (Wildman–Crippen MR) is 97.6 cm³/mol. The van der Waals surface area contributed by atoms with Crippen LogP contribution in [0.15, 0.2) is 49.2 Å². The van der Waals surface area contributed by atoms with Crippen LogP contribution in [0.25, 0.3) is 0 Å². The minimum atomic E-state index is -0.939. The van der Waals surface area contributed by atoms with Gasteiger partial charge in [-0.25, -0.2) is 18.7 Å². The predicted octanol–water partition coefficient (Wildman–Crippen LogP) is 3.02. The highest BCUT2D eigenvalue weighted by molar-refractivity contribution is 5.92. The van der Waals surface area contributed by atoms with Crippen LogP contribution in [0.4, 0.5) is 8.78 Å². The maximum Gasteiger partial charge on any atom is 0.275 e. The van der Waals surface area contributed by atoms with E-state index in [0.29, 0.717) is 25.7 Å². The molecule has 3 aromatic rings. The number of nitrogens with zero attached hydrogens (tertiary/aromatic N) is 5. The van der Waals surface area contributed by atoms with E-state index in [-0.39, 0.29) is 11.6 Å².